The molecule has 0 aromatic carbocycles. The number of furan rings is 1. The van der Waals surface area contributed by atoms with Gasteiger partial charge in [0.15, 0.2) is 0 Å². The van der Waals surface area contributed by atoms with Crippen molar-refractivity contribution in [1.29, 1.82) is 0 Å². The van der Waals surface area contributed by atoms with Crippen molar-refractivity contribution >= 4 is 0 Å². The fraction of sp³-hybridized carbons (Fsp3) is 0.750. The van der Waals surface area contributed by atoms with E-state index < -0.39 is 0 Å². The second-order valence-corrected chi connectivity index (χ2v) is 5.82. The van der Waals surface area contributed by atoms with E-state index in [1.807, 2.05) is 6.92 Å². The van der Waals surface area contributed by atoms with Crippen molar-refractivity contribution in [2.75, 3.05) is 19.6 Å². The SMILES string of the molecule is CCN1CCCC(NC(C)c2cc(C)oc2C)CC1. The van der Waals surface area contributed by atoms with Gasteiger partial charge in [0.05, 0.1) is 0 Å². The Morgan fingerprint density at radius 2 is 2.16 bits per heavy atom. The molecule has 2 heterocycles. The molecule has 3 nitrogen and oxygen atoms in total. The number of hydrogen-bond donors (Lipinski definition) is 1. The molecule has 1 aliphatic rings. The monoisotopic (exact) mass is 264 g/mol. The number of aryl methyl sites for hydroxylation is 2. The summed E-state index contributed by atoms with van der Waals surface area (Å²) in [5.41, 5.74) is 1.31. The summed E-state index contributed by atoms with van der Waals surface area (Å²) in [4.78, 5) is 2.56. The first-order chi connectivity index (χ1) is 9.10. The third kappa shape index (κ3) is 3.83. The molecule has 1 N–H and O–H groups in total. The van der Waals surface area contributed by atoms with E-state index in [0.29, 0.717) is 12.1 Å². The highest BCUT2D eigenvalue weighted by molar-refractivity contribution is 5.23. The second-order valence-electron chi connectivity index (χ2n) is 5.82. The van der Waals surface area contributed by atoms with E-state index in [0.717, 1.165) is 11.5 Å². The molecule has 19 heavy (non-hydrogen) atoms. The molecule has 0 aliphatic carbocycles. The lowest BCUT2D eigenvalue weighted by atomic mass is 10.0. The summed E-state index contributed by atoms with van der Waals surface area (Å²) < 4.78 is 5.64. The van der Waals surface area contributed by atoms with Gasteiger partial charge in [0.25, 0.3) is 0 Å². The molecule has 108 valence electrons. The third-order valence-corrected chi connectivity index (χ3v) is 4.30. The zero-order valence-electron chi connectivity index (χ0n) is 12.8. The number of rotatable bonds is 4. The van der Waals surface area contributed by atoms with Crippen molar-refractivity contribution < 1.29 is 4.42 Å². The summed E-state index contributed by atoms with van der Waals surface area (Å²) in [6.45, 7) is 12.3. The van der Waals surface area contributed by atoms with Crippen LogP contribution in [0.15, 0.2) is 10.5 Å². The van der Waals surface area contributed by atoms with Crippen LogP contribution in [0.25, 0.3) is 0 Å². The molecule has 1 saturated heterocycles. The summed E-state index contributed by atoms with van der Waals surface area (Å²) in [6.07, 6.45) is 3.85. The van der Waals surface area contributed by atoms with Gasteiger partial charge in [-0.3, -0.25) is 0 Å². The molecular formula is C16H28N2O. The Morgan fingerprint density at radius 1 is 1.37 bits per heavy atom. The first-order valence-electron chi connectivity index (χ1n) is 7.65. The minimum atomic E-state index is 0.385. The zero-order chi connectivity index (χ0) is 13.8. The summed E-state index contributed by atoms with van der Waals surface area (Å²) >= 11 is 0. The molecule has 0 saturated carbocycles. The Kier molecular flexibility index (Phi) is 5.06. The highest BCUT2D eigenvalue weighted by Crippen LogP contribution is 2.23. The number of nitrogens with one attached hydrogen (secondary N) is 1. The van der Waals surface area contributed by atoms with Crippen LogP contribution in [0.3, 0.4) is 0 Å². The van der Waals surface area contributed by atoms with E-state index in [1.165, 1.54) is 44.5 Å². The van der Waals surface area contributed by atoms with Crippen molar-refractivity contribution in [3.63, 3.8) is 0 Å². The smallest absolute Gasteiger partial charge is 0.105 e. The van der Waals surface area contributed by atoms with Crippen LogP contribution >= 0.6 is 0 Å². The molecule has 1 fully saturated rings. The lowest BCUT2D eigenvalue weighted by molar-refractivity contribution is 0.295. The maximum absolute atomic E-state index is 5.64. The molecular weight excluding hydrogens is 236 g/mol. The molecule has 2 unspecified atom stereocenters. The molecule has 2 atom stereocenters. The summed E-state index contributed by atoms with van der Waals surface area (Å²) in [7, 11) is 0. The molecule has 1 aliphatic heterocycles. The molecule has 0 radical (unpaired) electrons. The standard InChI is InChI=1S/C16H28N2O/c1-5-18-9-6-7-15(8-10-18)17-13(3)16-11-12(2)19-14(16)4/h11,13,15,17H,5-10H2,1-4H3. The largest absolute Gasteiger partial charge is 0.466 e. The Bertz CT molecular complexity index is 399. The van der Waals surface area contributed by atoms with Crippen LogP contribution in [-0.4, -0.2) is 30.6 Å². The normalized spacial score (nSPS) is 23.3. The Balaban J connectivity index is 1.91. The molecule has 2 rings (SSSR count). The topological polar surface area (TPSA) is 28.4 Å². The van der Waals surface area contributed by atoms with E-state index in [9.17, 15) is 0 Å². The number of nitrogens with zero attached hydrogens (tertiary/aromatic N) is 1. The maximum Gasteiger partial charge on any atom is 0.105 e. The average Bonchev–Trinajstić information content (AvgIpc) is 2.60. The van der Waals surface area contributed by atoms with Gasteiger partial charge in [-0.1, -0.05) is 6.92 Å². The summed E-state index contributed by atoms with van der Waals surface area (Å²) in [5.74, 6) is 2.07. The maximum atomic E-state index is 5.64. The number of hydrogen-bond acceptors (Lipinski definition) is 3. The van der Waals surface area contributed by atoms with Crippen molar-refractivity contribution in [3.8, 4) is 0 Å². The molecule has 1 aromatic rings. The summed E-state index contributed by atoms with van der Waals surface area (Å²) in [6, 6.07) is 3.19. The zero-order valence-corrected chi connectivity index (χ0v) is 12.8. The highest BCUT2D eigenvalue weighted by Gasteiger charge is 2.20. The van der Waals surface area contributed by atoms with Gasteiger partial charge in [0.2, 0.25) is 0 Å². The van der Waals surface area contributed by atoms with Crippen LogP contribution in [-0.2, 0) is 0 Å². The predicted molar refractivity (Wildman–Crippen MR) is 79.5 cm³/mol. The van der Waals surface area contributed by atoms with Gasteiger partial charge in [-0.2, -0.15) is 0 Å². The predicted octanol–water partition coefficient (Wildman–Crippen LogP) is 3.42. The van der Waals surface area contributed by atoms with Crippen LogP contribution in [0.5, 0.6) is 0 Å². The van der Waals surface area contributed by atoms with Gasteiger partial charge in [0.1, 0.15) is 11.5 Å². The van der Waals surface area contributed by atoms with E-state index >= 15 is 0 Å². The average molecular weight is 264 g/mol. The Labute approximate surface area is 117 Å². The Hall–Kier alpha value is -0.800. The number of likely N-dealkylation sites (tertiary alicyclic amines) is 1. The molecule has 0 amide bonds. The van der Waals surface area contributed by atoms with Gasteiger partial charge in [0, 0.05) is 17.6 Å². The highest BCUT2D eigenvalue weighted by atomic mass is 16.3. The van der Waals surface area contributed by atoms with E-state index in [4.69, 9.17) is 4.42 Å². The van der Waals surface area contributed by atoms with Crippen LogP contribution in [0, 0.1) is 13.8 Å². The van der Waals surface area contributed by atoms with Gasteiger partial charge in [-0.05, 0) is 65.7 Å². The summed E-state index contributed by atoms with van der Waals surface area (Å²) in [5, 5.41) is 3.79. The van der Waals surface area contributed by atoms with Gasteiger partial charge in [-0.25, -0.2) is 0 Å². The lowest BCUT2D eigenvalue weighted by Crippen LogP contribution is -2.33. The van der Waals surface area contributed by atoms with E-state index in [2.05, 4.69) is 37.1 Å². The minimum Gasteiger partial charge on any atom is -0.466 e. The van der Waals surface area contributed by atoms with E-state index in [1.54, 1.807) is 0 Å². The first-order valence-corrected chi connectivity index (χ1v) is 7.65. The molecule has 3 heteroatoms. The van der Waals surface area contributed by atoms with Crippen LogP contribution in [0.2, 0.25) is 0 Å². The van der Waals surface area contributed by atoms with Gasteiger partial charge >= 0.3 is 0 Å². The van der Waals surface area contributed by atoms with Crippen molar-refractivity contribution in [2.45, 2.75) is 59.0 Å². The van der Waals surface area contributed by atoms with Crippen molar-refractivity contribution in [2.24, 2.45) is 0 Å². The van der Waals surface area contributed by atoms with Crippen molar-refractivity contribution in [3.05, 3.63) is 23.2 Å². The van der Waals surface area contributed by atoms with Crippen LogP contribution in [0.4, 0.5) is 0 Å². The lowest BCUT2D eigenvalue weighted by Gasteiger charge is -2.22. The van der Waals surface area contributed by atoms with Crippen LogP contribution in [0.1, 0.15) is 56.2 Å². The van der Waals surface area contributed by atoms with Gasteiger partial charge < -0.3 is 14.6 Å². The molecule has 1 aromatic heterocycles. The van der Waals surface area contributed by atoms with Crippen molar-refractivity contribution in [1.82, 2.24) is 10.2 Å². The fourth-order valence-corrected chi connectivity index (χ4v) is 3.16. The third-order valence-electron chi connectivity index (χ3n) is 4.30. The molecule has 0 bridgehead atoms. The molecule has 0 spiro atoms. The minimum absolute atomic E-state index is 0.385. The van der Waals surface area contributed by atoms with E-state index in [-0.39, 0.29) is 0 Å². The Morgan fingerprint density at radius 3 is 2.79 bits per heavy atom. The fourth-order valence-electron chi connectivity index (χ4n) is 3.16. The second kappa shape index (κ2) is 6.58. The van der Waals surface area contributed by atoms with Gasteiger partial charge in [-0.15, -0.1) is 0 Å². The first kappa shape index (κ1) is 14.6. The quantitative estimate of drug-likeness (QED) is 0.903. The van der Waals surface area contributed by atoms with Crippen LogP contribution < -0.4 is 5.32 Å².